The molecule has 0 bridgehead atoms. The molecule has 0 saturated heterocycles. The molecule has 0 atom stereocenters. The summed E-state index contributed by atoms with van der Waals surface area (Å²) in [6, 6.07) is 12.5. The lowest BCUT2D eigenvalue weighted by Crippen LogP contribution is -2.13. The number of anilines is 2. The Hall–Kier alpha value is -2.54. The van der Waals surface area contributed by atoms with E-state index in [9.17, 15) is 5.11 Å². The number of aryl methyl sites for hydroxylation is 1. The van der Waals surface area contributed by atoms with Crippen LogP contribution in [-0.2, 0) is 0 Å². The highest BCUT2D eigenvalue weighted by atomic mass is 16.3. The Balaban J connectivity index is 2.49. The number of hydrogen-bond acceptors (Lipinski definition) is 4. The first-order valence-electron chi connectivity index (χ1n) is 5.52. The van der Waals surface area contributed by atoms with Crippen molar-refractivity contribution in [3.63, 3.8) is 0 Å². The van der Waals surface area contributed by atoms with Crippen molar-refractivity contribution in [2.45, 2.75) is 6.92 Å². The minimum atomic E-state index is 0.186. The average Bonchev–Trinajstić information content (AvgIpc) is 2.38. The molecule has 1 N–H and O–H groups in total. The Morgan fingerprint density at radius 1 is 1.28 bits per heavy atom. The van der Waals surface area contributed by atoms with Crippen molar-refractivity contribution in [2.24, 2.45) is 0 Å². The molecule has 2 aromatic rings. The summed E-state index contributed by atoms with van der Waals surface area (Å²) < 4.78 is 0. The van der Waals surface area contributed by atoms with E-state index in [-0.39, 0.29) is 5.75 Å². The van der Waals surface area contributed by atoms with Crippen molar-refractivity contribution in [1.82, 2.24) is 4.98 Å². The number of nitrogens with zero attached hydrogens (tertiary/aromatic N) is 3. The number of rotatable bonds is 2. The summed E-state index contributed by atoms with van der Waals surface area (Å²) in [6.07, 6.45) is 0. The molecule has 0 saturated carbocycles. The van der Waals surface area contributed by atoms with Crippen molar-refractivity contribution in [3.05, 3.63) is 47.7 Å². The van der Waals surface area contributed by atoms with Crippen molar-refractivity contribution < 1.29 is 5.11 Å². The largest absolute Gasteiger partial charge is 0.508 e. The lowest BCUT2D eigenvalue weighted by Gasteiger charge is -2.19. The van der Waals surface area contributed by atoms with Crippen molar-refractivity contribution in [2.75, 3.05) is 11.9 Å². The van der Waals surface area contributed by atoms with Crippen LogP contribution >= 0.6 is 0 Å². The lowest BCUT2D eigenvalue weighted by molar-refractivity contribution is 0.475. The Morgan fingerprint density at radius 2 is 2.06 bits per heavy atom. The fraction of sp³-hybridized carbons (Fsp3) is 0.143. The molecule has 0 spiro atoms. The summed E-state index contributed by atoms with van der Waals surface area (Å²) in [5.74, 6) is 0.772. The summed E-state index contributed by atoms with van der Waals surface area (Å²) >= 11 is 0. The minimum Gasteiger partial charge on any atom is -0.508 e. The second-order valence-electron chi connectivity index (χ2n) is 4.01. The van der Waals surface area contributed by atoms with Gasteiger partial charge in [-0.15, -0.1) is 0 Å². The van der Waals surface area contributed by atoms with E-state index < -0.39 is 0 Å². The fourth-order valence-corrected chi connectivity index (χ4v) is 1.71. The molecule has 0 unspecified atom stereocenters. The number of nitriles is 1. The monoisotopic (exact) mass is 239 g/mol. The Labute approximate surface area is 106 Å². The van der Waals surface area contributed by atoms with Crippen LogP contribution in [0.4, 0.5) is 11.5 Å². The van der Waals surface area contributed by atoms with Crippen LogP contribution in [-0.4, -0.2) is 17.1 Å². The van der Waals surface area contributed by atoms with Gasteiger partial charge < -0.3 is 10.0 Å². The van der Waals surface area contributed by atoms with Gasteiger partial charge in [-0.3, -0.25) is 0 Å². The van der Waals surface area contributed by atoms with Crippen molar-refractivity contribution in [1.29, 1.82) is 5.26 Å². The van der Waals surface area contributed by atoms with Gasteiger partial charge in [0.2, 0.25) is 0 Å². The van der Waals surface area contributed by atoms with E-state index in [1.165, 1.54) is 0 Å². The van der Waals surface area contributed by atoms with Gasteiger partial charge in [0.25, 0.3) is 0 Å². The fourth-order valence-electron chi connectivity index (χ4n) is 1.71. The summed E-state index contributed by atoms with van der Waals surface area (Å²) in [5, 5.41) is 18.6. The first-order chi connectivity index (χ1) is 8.61. The molecular formula is C14H13N3O. The van der Waals surface area contributed by atoms with E-state index in [0.29, 0.717) is 11.4 Å². The van der Waals surface area contributed by atoms with Crippen LogP contribution < -0.4 is 4.90 Å². The van der Waals surface area contributed by atoms with Gasteiger partial charge in [0, 0.05) is 24.5 Å². The van der Waals surface area contributed by atoms with Crippen LogP contribution in [0, 0.1) is 18.3 Å². The van der Waals surface area contributed by atoms with Gasteiger partial charge in [-0.05, 0) is 31.2 Å². The number of hydrogen-bond donors (Lipinski definition) is 1. The van der Waals surface area contributed by atoms with Crippen LogP contribution in [0.3, 0.4) is 0 Å². The van der Waals surface area contributed by atoms with Crippen LogP contribution in [0.15, 0.2) is 36.4 Å². The van der Waals surface area contributed by atoms with Crippen LogP contribution in [0.5, 0.6) is 5.75 Å². The summed E-state index contributed by atoms with van der Waals surface area (Å²) in [4.78, 5) is 6.15. The van der Waals surface area contributed by atoms with Crippen molar-refractivity contribution in [3.8, 4) is 11.8 Å². The molecule has 0 amide bonds. The number of phenolic OH excluding ortho intramolecular Hbond substituents is 1. The summed E-state index contributed by atoms with van der Waals surface area (Å²) in [5.41, 5.74) is 2.13. The van der Waals surface area contributed by atoms with Gasteiger partial charge in [0.15, 0.2) is 5.82 Å². The third kappa shape index (κ3) is 2.25. The Morgan fingerprint density at radius 3 is 2.72 bits per heavy atom. The summed E-state index contributed by atoms with van der Waals surface area (Å²) in [7, 11) is 1.82. The van der Waals surface area contributed by atoms with E-state index in [0.717, 1.165) is 11.4 Å². The van der Waals surface area contributed by atoms with Gasteiger partial charge in [-0.1, -0.05) is 6.07 Å². The molecule has 0 fully saturated rings. The first-order valence-corrected chi connectivity index (χ1v) is 5.52. The van der Waals surface area contributed by atoms with Gasteiger partial charge >= 0.3 is 0 Å². The number of benzene rings is 1. The maximum absolute atomic E-state index is 9.48. The Bertz CT molecular complexity index is 617. The standard InChI is InChI=1S/C14H13N3O/c1-10-6-7-11(9-15)14(16-10)17(2)12-4-3-5-13(18)8-12/h3-8,18H,1-2H3. The molecule has 4 heteroatoms. The quantitative estimate of drug-likeness (QED) is 0.875. The molecule has 18 heavy (non-hydrogen) atoms. The van der Waals surface area contributed by atoms with Crippen LogP contribution in [0.25, 0.3) is 0 Å². The zero-order chi connectivity index (χ0) is 13.1. The molecule has 90 valence electrons. The third-order valence-electron chi connectivity index (χ3n) is 2.67. The summed E-state index contributed by atoms with van der Waals surface area (Å²) in [6.45, 7) is 1.88. The maximum atomic E-state index is 9.48. The van der Waals surface area contributed by atoms with Crippen molar-refractivity contribution >= 4 is 11.5 Å². The highest BCUT2D eigenvalue weighted by Crippen LogP contribution is 2.27. The third-order valence-corrected chi connectivity index (χ3v) is 2.67. The Kier molecular flexibility index (Phi) is 3.16. The predicted molar refractivity (Wildman–Crippen MR) is 69.9 cm³/mol. The van der Waals surface area contributed by atoms with E-state index in [1.807, 2.05) is 20.0 Å². The molecule has 4 nitrogen and oxygen atoms in total. The second-order valence-corrected chi connectivity index (χ2v) is 4.01. The van der Waals surface area contributed by atoms with Gasteiger partial charge in [-0.2, -0.15) is 5.26 Å². The van der Waals surface area contributed by atoms with Gasteiger partial charge in [0.05, 0.1) is 5.56 Å². The smallest absolute Gasteiger partial charge is 0.150 e. The van der Waals surface area contributed by atoms with Crippen LogP contribution in [0.2, 0.25) is 0 Å². The molecule has 0 aliphatic heterocycles. The zero-order valence-electron chi connectivity index (χ0n) is 10.3. The zero-order valence-corrected chi connectivity index (χ0v) is 10.3. The molecule has 1 aromatic carbocycles. The second kappa shape index (κ2) is 4.76. The number of aromatic hydroxyl groups is 1. The number of pyridine rings is 1. The van der Waals surface area contributed by atoms with E-state index >= 15 is 0 Å². The first kappa shape index (κ1) is 11.9. The van der Waals surface area contributed by atoms with E-state index in [4.69, 9.17) is 5.26 Å². The van der Waals surface area contributed by atoms with E-state index in [1.54, 1.807) is 35.2 Å². The topological polar surface area (TPSA) is 60.2 Å². The SMILES string of the molecule is Cc1ccc(C#N)c(N(C)c2cccc(O)c2)n1. The highest BCUT2D eigenvalue weighted by molar-refractivity contribution is 5.66. The van der Waals surface area contributed by atoms with E-state index in [2.05, 4.69) is 11.1 Å². The molecule has 0 radical (unpaired) electrons. The molecule has 1 aromatic heterocycles. The van der Waals surface area contributed by atoms with Crippen LogP contribution in [0.1, 0.15) is 11.3 Å². The number of aromatic nitrogens is 1. The molecule has 0 aliphatic rings. The molecular weight excluding hydrogens is 226 g/mol. The molecule has 1 heterocycles. The number of phenols is 1. The molecule has 0 aliphatic carbocycles. The van der Waals surface area contributed by atoms with Gasteiger partial charge in [0.1, 0.15) is 11.8 Å². The predicted octanol–water partition coefficient (Wildman–Crippen LogP) is 2.74. The minimum absolute atomic E-state index is 0.186. The average molecular weight is 239 g/mol. The molecule has 2 rings (SSSR count). The highest BCUT2D eigenvalue weighted by Gasteiger charge is 2.11. The van der Waals surface area contributed by atoms with Gasteiger partial charge in [-0.25, -0.2) is 4.98 Å². The maximum Gasteiger partial charge on any atom is 0.150 e. The lowest BCUT2D eigenvalue weighted by atomic mass is 10.2. The normalized spacial score (nSPS) is 9.83.